The molecule has 0 radical (unpaired) electrons. The van der Waals surface area contributed by atoms with Gasteiger partial charge in [-0.25, -0.2) is 9.98 Å². The van der Waals surface area contributed by atoms with E-state index >= 15 is 0 Å². The standard InChI is InChI=1S/C15H13N3/c16-12-18-15(14-9-5-2-6-10-14)17-11-13-7-3-1-4-8-13/h1-12,16H/b16-12?,17-11+,18-15-. The number of aliphatic imine (C=N–C) groups is 2. The summed E-state index contributed by atoms with van der Waals surface area (Å²) >= 11 is 0. The Morgan fingerprint density at radius 1 is 0.889 bits per heavy atom. The van der Waals surface area contributed by atoms with Gasteiger partial charge in [-0.2, -0.15) is 0 Å². The van der Waals surface area contributed by atoms with Crippen LogP contribution in [0.3, 0.4) is 0 Å². The fourth-order valence-electron chi connectivity index (χ4n) is 1.51. The molecule has 0 bridgehead atoms. The van der Waals surface area contributed by atoms with Crippen LogP contribution in [0, 0.1) is 5.41 Å². The van der Waals surface area contributed by atoms with Gasteiger partial charge in [-0.1, -0.05) is 60.7 Å². The van der Waals surface area contributed by atoms with Gasteiger partial charge in [0.15, 0.2) is 5.84 Å². The zero-order valence-electron chi connectivity index (χ0n) is 9.82. The Kier molecular flexibility index (Phi) is 4.14. The van der Waals surface area contributed by atoms with Crippen LogP contribution in [0.15, 0.2) is 70.6 Å². The van der Waals surface area contributed by atoms with Crippen LogP contribution >= 0.6 is 0 Å². The van der Waals surface area contributed by atoms with Crippen molar-refractivity contribution in [3.63, 3.8) is 0 Å². The second kappa shape index (κ2) is 6.25. The van der Waals surface area contributed by atoms with Crippen LogP contribution in [0.2, 0.25) is 0 Å². The van der Waals surface area contributed by atoms with Crippen LogP contribution in [0.1, 0.15) is 11.1 Å². The summed E-state index contributed by atoms with van der Waals surface area (Å²) in [4.78, 5) is 8.30. The SMILES string of the molecule is N=C/N=C(\N=C\c1ccccc1)c1ccccc1. The lowest BCUT2D eigenvalue weighted by molar-refractivity contribution is 1.47. The summed E-state index contributed by atoms with van der Waals surface area (Å²) in [5, 5.41) is 7.08. The molecule has 0 unspecified atom stereocenters. The molecule has 0 fully saturated rings. The molecule has 2 rings (SSSR count). The Morgan fingerprint density at radius 3 is 2.11 bits per heavy atom. The largest absolute Gasteiger partial charge is 0.289 e. The molecule has 3 nitrogen and oxygen atoms in total. The molecular formula is C15H13N3. The van der Waals surface area contributed by atoms with Gasteiger partial charge >= 0.3 is 0 Å². The van der Waals surface area contributed by atoms with Crippen molar-refractivity contribution in [2.75, 3.05) is 0 Å². The molecule has 3 heteroatoms. The summed E-state index contributed by atoms with van der Waals surface area (Å²) in [6.45, 7) is 0. The van der Waals surface area contributed by atoms with Crippen molar-refractivity contribution in [3.05, 3.63) is 71.8 Å². The minimum absolute atomic E-state index is 0.537. The maximum Gasteiger partial charge on any atom is 0.160 e. The highest BCUT2D eigenvalue weighted by molar-refractivity contribution is 6.07. The Hall–Kier alpha value is -2.55. The number of hydrogen-bond donors (Lipinski definition) is 1. The maximum absolute atomic E-state index is 7.08. The first-order valence-electron chi connectivity index (χ1n) is 5.61. The van der Waals surface area contributed by atoms with E-state index in [9.17, 15) is 0 Å². The molecule has 0 amide bonds. The van der Waals surface area contributed by atoms with E-state index in [0.29, 0.717) is 5.84 Å². The monoisotopic (exact) mass is 235 g/mol. The third-order valence-electron chi connectivity index (χ3n) is 2.35. The summed E-state index contributed by atoms with van der Waals surface area (Å²) < 4.78 is 0. The second-order valence-electron chi connectivity index (χ2n) is 3.62. The van der Waals surface area contributed by atoms with Crippen LogP contribution in [-0.4, -0.2) is 18.4 Å². The highest BCUT2D eigenvalue weighted by atomic mass is 14.9. The second-order valence-corrected chi connectivity index (χ2v) is 3.62. The number of nitrogens with one attached hydrogen (secondary N) is 1. The highest BCUT2D eigenvalue weighted by Gasteiger charge is 1.98. The number of benzene rings is 2. The number of nitrogens with zero attached hydrogens (tertiary/aromatic N) is 2. The van der Waals surface area contributed by atoms with Crippen molar-refractivity contribution in [2.45, 2.75) is 0 Å². The first-order chi connectivity index (χ1) is 8.90. The molecule has 2 aromatic rings. The average molecular weight is 235 g/mol. The van der Waals surface area contributed by atoms with Crippen LogP contribution in [0.25, 0.3) is 0 Å². The van der Waals surface area contributed by atoms with Gasteiger partial charge in [-0.15, -0.1) is 0 Å². The molecule has 88 valence electrons. The van der Waals surface area contributed by atoms with Crippen molar-refractivity contribution >= 4 is 18.4 Å². The highest BCUT2D eigenvalue weighted by Crippen LogP contribution is 2.03. The first kappa shape index (κ1) is 11.9. The molecule has 2 aromatic carbocycles. The lowest BCUT2D eigenvalue weighted by atomic mass is 10.2. The van der Waals surface area contributed by atoms with Gasteiger partial charge in [0.05, 0.1) is 0 Å². The van der Waals surface area contributed by atoms with Crippen molar-refractivity contribution < 1.29 is 0 Å². The molecule has 0 saturated heterocycles. The fraction of sp³-hybridized carbons (Fsp3) is 0. The van der Waals surface area contributed by atoms with E-state index in [-0.39, 0.29) is 0 Å². The quantitative estimate of drug-likeness (QED) is 0.627. The molecule has 0 aliphatic rings. The third-order valence-corrected chi connectivity index (χ3v) is 2.35. The fourth-order valence-corrected chi connectivity index (χ4v) is 1.51. The minimum atomic E-state index is 0.537. The number of amidine groups is 1. The topological polar surface area (TPSA) is 48.6 Å². The van der Waals surface area contributed by atoms with Crippen molar-refractivity contribution in [3.8, 4) is 0 Å². The van der Waals surface area contributed by atoms with Gasteiger partial charge in [0.1, 0.15) is 6.34 Å². The first-order valence-corrected chi connectivity index (χ1v) is 5.61. The smallest absolute Gasteiger partial charge is 0.160 e. The molecule has 0 spiro atoms. The summed E-state index contributed by atoms with van der Waals surface area (Å²) in [5.74, 6) is 0.537. The van der Waals surface area contributed by atoms with E-state index in [0.717, 1.165) is 17.5 Å². The van der Waals surface area contributed by atoms with Gasteiger partial charge in [-0.3, -0.25) is 5.41 Å². The Labute approximate surface area is 106 Å². The minimum Gasteiger partial charge on any atom is -0.289 e. The van der Waals surface area contributed by atoms with Crippen molar-refractivity contribution in [1.82, 2.24) is 0 Å². The lowest BCUT2D eigenvalue weighted by Gasteiger charge is -1.99. The Balaban J connectivity index is 2.26. The molecule has 0 saturated carbocycles. The number of hydrogen-bond acceptors (Lipinski definition) is 1. The van der Waals surface area contributed by atoms with Gasteiger partial charge in [0.25, 0.3) is 0 Å². The van der Waals surface area contributed by atoms with E-state index in [1.165, 1.54) is 0 Å². The predicted molar refractivity (Wildman–Crippen MR) is 75.8 cm³/mol. The molecule has 18 heavy (non-hydrogen) atoms. The average Bonchev–Trinajstić information content (AvgIpc) is 2.45. The maximum atomic E-state index is 7.08. The third kappa shape index (κ3) is 3.22. The van der Waals surface area contributed by atoms with Crippen LogP contribution in [0.4, 0.5) is 0 Å². The van der Waals surface area contributed by atoms with Crippen LogP contribution < -0.4 is 0 Å². The van der Waals surface area contributed by atoms with E-state index < -0.39 is 0 Å². The van der Waals surface area contributed by atoms with E-state index in [4.69, 9.17) is 5.41 Å². The van der Waals surface area contributed by atoms with E-state index in [2.05, 4.69) is 9.98 Å². The van der Waals surface area contributed by atoms with Gasteiger partial charge < -0.3 is 0 Å². The van der Waals surface area contributed by atoms with Crippen molar-refractivity contribution in [2.24, 2.45) is 9.98 Å². The zero-order chi connectivity index (χ0) is 12.6. The molecule has 0 heterocycles. The molecule has 0 aliphatic heterocycles. The summed E-state index contributed by atoms with van der Waals surface area (Å²) in [6.07, 6.45) is 2.75. The van der Waals surface area contributed by atoms with Gasteiger partial charge in [-0.05, 0) is 5.56 Å². The molecular weight excluding hydrogens is 222 g/mol. The Bertz CT molecular complexity index is 557. The summed E-state index contributed by atoms with van der Waals surface area (Å²) in [5.41, 5.74) is 1.90. The van der Waals surface area contributed by atoms with Gasteiger partial charge in [0, 0.05) is 11.8 Å². The molecule has 1 N–H and O–H groups in total. The summed E-state index contributed by atoms with van der Waals surface area (Å²) in [7, 11) is 0. The Morgan fingerprint density at radius 2 is 1.50 bits per heavy atom. The zero-order valence-corrected chi connectivity index (χ0v) is 9.82. The predicted octanol–water partition coefficient (Wildman–Crippen LogP) is 3.16. The number of rotatable bonds is 3. The van der Waals surface area contributed by atoms with Crippen LogP contribution in [-0.2, 0) is 0 Å². The van der Waals surface area contributed by atoms with Crippen LogP contribution in [0.5, 0.6) is 0 Å². The molecule has 0 atom stereocenters. The lowest BCUT2D eigenvalue weighted by Crippen LogP contribution is -1.98. The molecule has 0 aromatic heterocycles. The molecule has 0 aliphatic carbocycles. The van der Waals surface area contributed by atoms with Gasteiger partial charge in [0.2, 0.25) is 0 Å². The van der Waals surface area contributed by atoms with E-state index in [1.807, 2.05) is 60.7 Å². The summed E-state index contributed by atoms with van der Waals surface area (Å²) in [6, 6.07) is 19.4. The van der Waals surface area contributed by atoms with E-state index in [1.54, 1.807) is 6.21 Å². The normalized spacial score (nSPS) is 11.7. The van der Waals surface area contributed by atoms with Crippen molar-refractivity contribution in [1.29, 1.82) is 5.41 Å².